The molecular weight excluding hydrogens is 237 g/mol. The van der Waals surface area contributed by atoms with Gasteiger partial charge in [-0.25, -0.2) is 0 Å². The van der Waals surface area contributed by atoms with Crippen LogP contribution < -0.4 is 0 Å². The smallest absolute Gasteiger partial charge is 0.00248 e. The summed E-state index contributed by atoms with van der Waals surface area (Å²) < 4.78 is 0. The molecule has 0 aliphatic rings. The second kappa shape index (κ2) is 17.4. The van der Waals surface area contributed by atoms with E-state index in [1.807, 2.05) is 0 Å². The Morgan fingerprint density at radius 3 is 1.22 bits per heavy atom. The van der Waals surface area contributed by atoms with Crippen LogP contribution in [-0.2, 0) is 0 Å². The molecule has 112 valence electrons. The summed E-state index contributed by atoms with van der Waals surface area (Å²) in [6, 6.07) is 0. The summed E-state index contributed by atoms with van der Waals surface area (Å²) in [5.41, 5.74) is 0. The Balaban J connectivity index is 0. The van der Waals surface area contributed by atoms with E-state index in [-0.39, 0.29) is 9.90 Å². The predicted molar refractivity (Wildman–Crippen MR) is 90.7 cm³/mol. The molecule has 0 aliphatic heterocycles. The third kappa shape index (κ3) is 18.7. The van der Waals surface area contributed by atoms with Crippen molar-refractivity contribution in [3.05, 3.63) is 0 Å². The summed E-state index contributed by atoms with van der Waals surface area (Å²) in [5.74, 6) is 0. The summed E-state index contributed by atoms with van der Waals surface area (Å²) in [4.78, 5) is 2.29. The summed E-state index contributed by atoms with van der Waals surface area (Å²) in [5, 5.41) is 0. The average Bonchev–Trinajstić information content (AvgIpc) is 2.30. The lowest BCUT2D eigenvalue weighted by atomic mass is 10.1. The van der Waals surface area contributed by atoms with E-state index < -0.39 is 0 Å². The molecule has 0 aromatic carbocycles. The Bertz CT molecular complexity index is 137. The van der Waals surface area contributed by atoms with Crippen molar-refractivity contribution in [3.8, 4) is 0 Å². The van der Waals surface area contributed by atoms with Crippen LogP contribution in [0.4, 0.5) is 0 Å². The van der Waals surface area contributed by atoms with Gasteiger partial charge in [0.25, 0.3) is 0 Å². The molecule has 0 amide bonds. The van der Waals surface area contributed by atoms with Gasteiger partial charge >= 0.3 is 0 Å². The average molecular weight is 275 g/mol. The molecule has 0 heterocycles. The van der Waals surface area contributed by atoms with Crippen LogP contribution in [0, 0.1) is 0 Å². The summed E-state index contributed by atoms with van der Waals surface area (Å²) in [6.07, 6.45) is 17.3. The highest BCUT2D eigenvalue weighted by atomic mass is 31.0. The zero-order valence-electron chi connectivity index (χ0n) is 13.3. The van der Waals surface area contributed by atoms with Gasteiger partial charge in [-0.1, -0.05) is 77.6 Å². The van der Waals surface area contributed by atoms with E-state index in [9.17, 15) is 0 Å². The number of unbranched alkanes of at least 4 members (excludes halogenated alkanes) is 11. The third-order valence-electron chi connectivity index (χ3n) is 3.46. The van der Waals surface area contributed by atoms with Crippen LogP contribution in [0.1, 0.15) is 84.0 Å². The summed E-state index contributed by atoms with van der Waals surface area (Å²) >= 11 is 0. The van der Waals surface area contributed by atoms with Crippen LogP contribution >= 0.6 is 9.90 Å². The van der Waals surface area contributed by atoms with Crippen LogP contribution in [0.3, 0.4) is 0 Å². The Morgan fingerprint density at radius 2 is 0.889 bits per heavy atom. The van der Waals surface area contributed by atoms with Crippen LogP contribution in [0.5, 0.6) is 0 Å². The van der Waals surface area contributed by atoms with E-state index in [1.165, 1.54) is 83.6 Å². The zero-order chi connectivity index (χ0) is 12.8. The highest BCUT2D eigenvalue weighted by Gasteiger charge is 1.94. The van der Waals surface area contributed by atoms with Gasteiger partial charge in [0.05, 0.1) is 0 Å². The zero-order valence-corrected chi connectivity index (χ0v) is 14.8. The van der Waals surface area contributed by atoms with E-state index >= 15 is 0 Å². The number of hydrogen-bond acceptors (Lipinski definition) is 1. The molecule has 1 atom stereocenters. The molecule has 0 bridgehead atoms. The third-order valence-corrected chi connectivity index (χ3v) is 3.46. The fourth-order valence-corrected chi connectivity index (χ4v) is 2.27. The van der Waals surface area contributed by atoms with E-state index in [0.29, 0.717) is 0 Å². The normalized spacial score (nSPS) is 10.7. The van der Waals surface area contributed by atoms with Crippen LogP contribution in [0.25, 0.3) is 0 Å². The molecule has 1 unspecified atom stereocenters. The SMILES string of the molecule is CCCCCCCCCCCCCCN(C)C.P. The van der Waals surface area contributed by atoms with E-state index in [0.717, 1.165) is 0 Å². The fourth-order valence-electron chi connectivity index (χ4n) is 2.27. The molecule has 0 aliphatic carbocycles. The molecular formula is C16H38NP. The number of hydrogen-bond donors (Lipinski definition) is 0. The van der Waals surface area contributed by atoms with Gasteiger partial charge in [-0.2, -0.15) is 9.90 Å². The molecule has 0 radical (unpaired) electrons. The maximum absolute atomic E-state index is 2.29. The molecule has 0 aromatic heterocycles. The first kappa shape index (κ1) is 20.7. The van der Waals surface area contributed by atoms with Crippen molar-refractivity contribution in [1.29, 1.82) is 0 Å². The van der Waals surface area contributed by atoms with Gasteiger partial charge in [-0.15, -0.1) is 0 Å². The highest BCUT2D eigenvalue weighted by molar-refractivity contribution is 6.92. The summed E-state index contributed by atoms with van der Waals surface area (Å²) in [6.45, 7) is 3.55. The molecule has 0 aromatic rings. The molecule has 0 saturated heterocycles. The molecule has 0 fully saturated rings. The van der Waals surface area contributed by atoms with Gasteiger partial charge in [0.1, 0.15) is 0 Å². The summed E-state index contributed by atoms with van der Waals surface area (Å²) in [7, 11) is 4.33. The highest BCUT2D eigenvalue weighted by Crippen LogP contribution is 2.11. The van der Waals surface area contributed by atoms with Crippen molar-refractivity contribution < 1.29 is 0 Å². The molecule has 0 saturated carbocycles. The molecule has 2 heteroatoms. The standard InChI is InChI=1S/C16H35N.H3P/c1-4-5-6-7-8-9-10-11-12-13-14-15-16-17(2)3;/h4-16H2,1-3H3;1H3. The van der Waals surface area contributed by atoms with Gasteiger partial charge in [-0.3, -0.25) is 0 Å². The minimum absolute atomic E-state index is 0. The lowest BCUT2D eigenvalue weighted by molar-refractivity contribution is 0.389. The van der Waals surface area contributed by atoms with E-state index in [1.54, 1.807) is 0 Å². The van der Waals surface area contributed by atoms with E-state index in [4.69, 9.17) is 0 Å². The van der Waals surface area contributed by atoms with Crippen molar-refractivity contribution >= 4 is 9.90 Å². The Labute approximate surface area is 120 Å². The van der Waals surface area contributed by atoms with Crippen molar-refractivity contribution in [1.82, 2.24) is 4.90 Å². The van der Waals surface area contributed by atoms with Crippen molar-refractivity contribution in [2.24, 2.45) is 0 Å². The quantitative estimate of drug-likeness (QED) is 0.325. The first-order chi connectivity index (χ1) is 8.27. The monoisotopic (exact) mass is 275 g/mol. The van der Waals surface area contributed by atoms with Gasteiger partial charge in [0.15, 0.2) is 0 Å². The van der Waals surface area contributed by atoms with Crippen molar-refractivity contribution in [2.75, 3.05) is 20.6 Å². The minimum atomic E-state index is 0. The van der Waals surface area contributed by atoms with Crippen LogP contribution in [0.2, 0.25) is 0 Å². The molecule has 1 nitrogen and oxygen atoms in total. The first-order valence-corrected chi connectivity index (χ1v) is 7.92. The predicted octanol–water partition coefficient (Wildman–Crippen LogP) is 5.31. The number of nitrogens with zero attached hydrogens (tertiary/aromatic N) is 1. The van der Waals surface area contributed by atoms with Crippen molar-refractivity contribution in [2.45, 2.75) is 84.0 Å². The lowest BCUT2D eigenvalue weighted by Gasteiger charge is -2.08. The second-order valence-corrected chi connectivity index (χ2v) is 5.69. The van der Waals surface area contributed by atoms with Gasteiger partial charge in [0.2, 0.25) is 0 Å². The van der Waals surface area contributed by atoms with Gasteiger partial charge < -0.3 is 4.90 Å². The minimum Gasteiger partial charge on any atom is -0.309 e. The largest absolute Gasteiger partial charge is 0.309 e. The van der Waals surface area contributed by atoms with Crippen LogP contribution in [-0.4, -0.2) is 25.5 Å². The Morgan fingerprint density at radius 1 is 0.556 bits per heavy atom. The van der Waals surface area contributed by atoms with Crippen LogP contribution in [0.15, 0.2) is 0 Å². The van der Waals surface area contributed by atoms with Gasteiger partial charge in [-0.05, 0) is 27.1 Å². The Hall–Kier alpha value is 0.390. The fraction of sp³-hybridized carbons (Fsp3) is 1.00. The van der Waals surface area contributed by atoms with Gasteiger partial charge in [0, 0.05) is 0 Å². The first-order valence-electron chi connectivity index (χ1n) is 7.92. The number of rotatable bonds is 13. The van der Waals surface area contributed by atoms with Crippen molar-refractivity contribution in [3.63, 3.8) is 0 Å². The maximum atomic E-state index is 2.29. The molecule has 0 rings (SSSR count). The van der Waals surface area contributed by atoms with E-state index in [2.05, 4.69) is 25.9 Å². The molecule has 0 spiro atoms. The topological polar surface area (TPSA) is 3.24 Å². The molecule has 0 N–H and O–H groups in total. The maximum Gasteiger partial charge on any atom is -0.00248 e. The Kier molecular flexibility index (Phi) is 20.0. The lowest BCUT2D eigenvalue weighted by Crippen LogP contribution is -2.12. The molecule has 18 heavy (non-hydrogen) atoms. The second-order valence-electron chi connectivity index (χ2n) is 5.69.